The van der Waals surface area contributed by atoms with Gasteiger partial charge < -0.3 is 0 Å². The zero-order valence-electron chi connectivity index (χ0n) is 7.37. The number of nitriles is 1. The quantitative estimate of drug-likeness (QED) is 0.599. The minimum atomic E-state index is -0.183. The van der Waals surface area contributed by atoms with Crippen molar-refractivity contribution in [3.63, 3.8) is 0 Å². The van der Waals surface area contributed by atoms with Gasteiger partial charge in [-0.15, -0.1) is 0 Å². The summed E-state index contributed by atoms with van der Waals surface area (Å²) in [6.07, 6.45) is 0.611. The first-order chi connectivity index (χ1) is 6.60. The Morgan fingerprint density at radius 1 is 1.57 bits per heavy atom. The lowest BCUT2D eigenvalue weighted by Gasteiger charge is -2.03. The molecule has 0 atom stereocenters. The summed E-state index contributed by atoms with van der Waals surface area (Å²) in [7, 11) is 0. The molecule has 0 aliphatic heterocycles. The predicted molar refractivity (Wildman–Crippen MR) is 54.2 cm³/mol. The van der Waals surface area contributed by atoms with Crippen molar-refractivity contribution in [3.05, 3.63) is 33.3 Å². The molecule has 0 radical (unpaired) electrons. The van der Waals surface area contributed by atoms with Crippen LogP contribution >= 0.6 is 15.9 Å². The maximum Gasteiger partial charge on any atom is 0.161 e. The standard InChI is InChI=1S/C10H6BrNO2/c1-6(14)9-3-7(5-13)2-8(4-12)10(9)11/h2-3,5H,1H3. The molecule has 0 unspecified atom stereocenters. The molecule has 14 heavy (non-hydrogen) atoms. The Labute approximate surface area is 89.5 Å². The molecule has 0 saturated carbocycles. The molecular weight excluding hydrogens is 246 g/mol. The van der Waals surface area contributed by atoms with Gasteiger partial charge in [0.2, 0.25) is 0 Å². The highest BCUT2D eigenvalue weighted by Gasteiger charge is 2.11. The summed E-state index contributed by atoms with van der Waals surface area (Å²) in [5.41, 5.74) is 0.973. The lowest BCUT2D eigenvalue weighted by Crippen LogP contribution is -1.98. The first-order valence-electron chi connectivity index (χ1n) is 3.80. The fourth-order valence-electron chi connectivity index (χ4n) is 1.05. The number of benzene rings is 1. The highest BCUT2D eigenvalue weighted by molar-refractivity contribution is 9.10. The Morgan fingerprint density at radius 3 is 2.64 bits per heavy atom. The van der Waals surface area contributed by atoms with Crippen molar-refractivity contribution >= 4 is 28.0 Å². The van der Waals surface area contributed by atoms with Crippen LogP contribution in [0.5, 0.6) is 0 Å². The molecule has 0 heterocycles. The predicted octanol–water partition coefficient (Wildman–Crippen LogP) is 2.34. The first kappa shape index (κ1) is 10.6. The Hall–Kier alpha value is -1.47. The van der Waals surface area contributed by atoms with Crippen LogP contribution in [0.1, 0.15) is 33.2 Å². The SMILES string of the molecule is CC(=O)c1cc(C=O)cc(C#N)c1Br. The molecule has 1 rings (SSSR count). The monoisotopic (exact) mass is 251 g/mol. The molecule has 70 valence electrons. The van der Waals surface area contributed by atoms with Crippen molar-refractivity contribution < 1.29 is 9.59 Å². The van der Waals surface area contributed by atoms with Crippen LogP contribution in [0.3, 0.4) is 0 Å². The van der Waals surface area contributed by atoms with E-state index in [1.54, 1.807) is 0 Å². The van der Waals surface area contributed by atoms with Gasteiger partial charge in [-0.05, 0) is 35.0 Å². The summed E-state index contributed by atoms with van der Waals surface area (Å²) in [5.74, 6) is -0.183. The molecule has 3 nitrogen and oxygen atoms in total. The normalized spacial score (nSPS) is 9.21. The highest BCUT2D eigenvalue weighted by atomic mass is 79.9. The van der Waals surface area contributed by atoms with E-state index in [1.165, 1.54) is 19.1 Å². The lowest BCUT2D eigenvalue weighted by atomic mass is 10.0. The largest absolute Gasteiger partial charge is 0.298 e. The van der Waals surface area contributed by atoms with Gasteiger partial charge in [0, 0.05) is 15.6 Å². The van der Waals surface area contributed by atoms with Gasteiger partial charge in [0.25, 0.3) is 0 Å². The summed E-state index contributed by atoms with van der Waals surface area (Å²) in [6.45, 7) is 1.38. The van der Waals surface area contributed by atoms with Gasteiger partial charge in [0.1, 0.15) is 12.4 Å². The molecule has 0 amide bonds. The number of hydrogen-bond donors (Lipinski definition) is 0. The molecule has 0 N–H and O–H groups in total. The number of nitrogens with zero attached hydrogens (tertiary/aromatic N) is 1. The molecule has 0 aliphatic rings. The molecular formula is C10H6BrNO2. The van der Waals surface area contributed by atoms with Gasteiger partial charge in [-0.2, -0.15) is 5.26 Å². The fourth-order valence-corrected chi connectivity index (χ4v) is 1.65. The molecule has 0 saturated heterocycles. The average Bonchev–Trinajstić information content (AvgIpc) is 2.17. The number of carbonyl (C=O) groups excluding carboxylic acids is 2. The molecule has 0 aromatic heterocycles. The molecule has 1 aromatic carbocycles. The van der Waals surface area contributed by atoms with Gasteiger partial charge in [-0.25, -0.2) is 0 Å². The van der Waals surface area contributed by atoms with Gasteiger partial charge in [-0.3, -0.25) is 9.59 Å². The summed E-state index contributed by atoms with van der Waals surface area (Å²) in [6, 6.07) is 4.80. The van der Waals surface area contributed by atoms with Crippen LogP contribution in [0.15, 0.2) is 16.6 Å². The number of hydrogen-bond acceptors (Lipinski definition) is 3. The fraction of sp³-hybridized carbons (Fsp3) is 0.100. The van der Waals surface area contributed by atoms with E-state index in [1.807, 2.05) is 6.07 Å². The maximum atomic E-state index is 11.1. The summed E-state index contributed by atoms with van der Waals surface area (Å²) in [4.78, 5) is 21.7. The number of rotatable bonds is 2. The Morgan fingerprint density at radius 2 is 2.21 bits per heavy atom. The topological polar surface area (TPSA) is 57.9 Å². The van der Waals surface area contributed by atoms with Crippen molar-refractivity contribution in [1.82, 2.24) is 0 Å². The van der Waals surface area contributed by atoms with Crippen LogP contribution in [0.4, 0.5) is 0 Å². The van der Waals surface area contributed by atoms with Crippen LogP contribution in [-0.4, -0.2) is 12.1 Å². The van der Waals surface area contributed by atoms with E-state index in [9.17, 15) is 9.59 Å². The first-order valence-corrected chi connectivity index (χ1v) is 4.59. The lowest BCUT2D eigenvalue weighted by molar-refractivity contribution is 0.101. The van der Waals surface area contributed by atoms with Gasteiger partial charge in [0.15, 0.2) is 5.78 Å². The van der Waals surface area contributed by atoms with E-state index in [0.717, 1.165) is 0 Å². The van der Waals surface area contributed by atoms with Crippen molar-refractivity contribution in [2.75, 3.05) is 0 Å². The third-order valence-corrected chi connectivity index (χ3v) is 2.59. The zero-order valence-corrected chi connectivity index (χ0v) is 8.96. The van der Waals surface area contributed by atoms with Crippen molar-refractivity contribution in [2.24, 2.45) is 0 Å². The van der Waals surface area contributed by atoms with Crippen molar-refractivity contribution in [3.8, 4) is 6.07 Å². The van der Waals surface area contributed by atoms with Gasteiger partial charge in [0.05, 0.1) is 5.56 Å². The third-order valence-electron chi connectivity index (χ3n) is 1.73. The summed E-state index contributed by atoms with van der Waals surface area (Å²) >= 11 is 3.15. The number of Topliss-reactive ketones (excluding diaryl/α,β-unsaturated/α-hetero) is 1. The number of ketones is 1. The van der Waals surface area contributed by atoms with E-state index in [-0.39, 0.29) is 5.78 Å². The van der Waals surface area contributed by atoms with Crippen molar-refractivity contribution in [1.29, 1.82) is 5.26 Å². The van der Waals surface area contributed by atoms with E-state index >= 15 is 0 Å². The molecule has 0 fully saturated rings. The minimum Gasteiger partial charge on any atom is -0.298 e. The Kier molecular flexibility index (Phi) is 3.15. The van der Waals surface area contributed by atoms with Crippen LogP contribution < -0.4 is 0 Å². The summed E-state index contributed by atoms with van der Waals surface area (Å²) < 4.78 is 0.443. The highest BCUT2D eigenvalue weighted by Crippen LogP contribution is 2.23. The zero-order chi connectivity index (χ0) is 10.7. The minimum absolute atomic E-state index is 0.183. The number of carbonyl (C=O) groups is 2. The maximum absolute atomic E-state index is 11.1. The Bertz CT molecular complexity index is 446. The van der Waals surface area contributed by atoms with Crippen LogP contribution in [0.25, 0.3) is 0 Å². The van der Waals surface area contributed by atoms with Crippen LogP contribution in [0, 0.1) is 11.3 Å². The van der Waals surface area contributed by atoms with E-state index in [2.05, 4.69) is 15.9 Å². The van der Waals surface area contributed by atoms with Crippen molar-refractivity contribution in [2.45, 2.75) is 6.92 Å². The second-order valence-electron chi connectivity index (χ2n) is 2.72. The van der Waals surface area contributed by atoms with Gasteiger partial charge >= 0.3 is 0 Å². The van der Waals surface area contributed by atoms with E-state index in [0.29, 0.717) is 27.4 Å². The third kappa shape index (κ3) is 1.88. The number of aldehydes is 1. The van der Waals surface area contributed by atoms with E-state index in [4.69, 9.17) is 5.26 Å². The smallest absolute Gasteiger partial charge is 0.161 e. The molecule has 1 aromatic rings. The second kappa shape index (κ2) is 4.16. The van der Waals surface area contributed by atoms with Crippen LogP contribution in [-0.2, 0) is 0 Å². The Balaban J connectivity index is 3.51. The van der Waals surface area contributed by atoms with E-state index < -0.39 is 0 Å². The summed E-state index contributed by atoms with van der Waals surface area (Å²) in [5, 5.41) is 8.74. The molecule has 4 heteroatoms. The van der Waals surface area contributed by atoms with Gasteiger partial charge in [-0.1, -0.05) is 0 Å². The molecule has 0 aliphatic carbocycles. The average molecular weight is 252 g/mol. The van der Waals surface area contributed by atoms with Crippen LogP contribution in [0.2, 0.25) is 0 Å². The molecule has 0 spiro atoms. The second-order valence-corrected chi connectivity index (χ2v) is 3.51. The molecule has 0 bridgehead atoms. The number of halogens is 1.